The summed E-state index contributed by atoms with van der Waals surface area (Å²) < 4.78 is 5.24. The zero-order valence-electron chi connectivity index (χ0n) is 12.1. The third-order valence-electron chi connectivity index (χ3n) is 3.63. The topological polar surface area (TPSA) is 21.3 Å². The molecule has 1 atom stereocenters. The van der Waals surface area contributed by atoms with Crippen LogP contribution >= 0.6 is 0 Å². The number of ether oxygens (including phenoxy) is 1. The lowest BCUT2D eigenvalue weighted by atomic mass is 10.1. The Morgan fingerprint density at radius 1 is 1.11 bits per heavy atom. The minimum Gasteiger partial charge on any atom is -0.497 e. The summed E-state index contributed by atoms with van der Waals surface area (Å²) in [5.41, 5.74) is 1.33. The van der Waals surface area contributed by atoms with E-state index < -0.39 is 0 Å². The molecule has 2 aromatic carbocycles. The maximum atomic E-state index is 5.24. The van der Waals surface area contributed by atoms with Gasteiger partial charge in [0.15, 0.2) is 0 Å². The van der Waals surface area contributed by atoms with E-state index in [-0.39, 0.29) is 0 Å². The van der Waals surface area contributed by atoms with Crippen LogP contribution in [0.5, 0.6) is 5.75 Å². The van der Waals surface area contributed by atoms with E-state index in [1.807, 2.05) is 6.07 Å². The normalized spacial score (nSPS) is 12.6. The van der Waals surface area contributed by atoms with Gasteiger partial charge in [-0.2, -0.15) is 0 Å². The summed E-state index contributed by atoms with van der Waals surface area (Å²) in [6.07, 6.45) is 1.23. The molecule has 0 radical (unpaired) electrons. The number of benzene rings is 2. The van der Waals surface area contributed by atoms with Crippen molar-refractivity contribution in [2.24, 2.45) is 5.92 Å². The maximum Gasteiger partial charge on any atom is 0.119 e. The molecular weight excluding hydrogens is 234 g/mol. The van der Waals surface area contributed by atoms with Crippen molar-refractivity contribution in [3.63, 3.8) is 0 Å². The lowest BCUT2D eigenvalue weighted by Crippen LogP contribution is -2.20. The molecule has 0 saturated carbocycles. The maximum absolute atomic E-state index is 5.24. The summed E-state index contributed by atoms with van der Waals surface area (Å²) in [6, 6.07) is 12.8. The van der Waals surface area contributed by atoms with Crippen molar-refractivity contribution in [2.75, 3.05) is 13.7 Å². The monoisotopic (exact) mass is 257 g/mol. The molecule has 0 aliphatic heterocycles. The highest BCUT2D eigenvalue weighted by atomic mass is 16.5. The average Bonchev–Trinajstić information content (AvgIpc) is 2.46. The molecule has 0 heterocycles. The minimum absolute atomic E-state index is 0.740. The number of nitrogens with one attached hydrogen (secondary N) is 1. The Morgan fingerprint density at radius 2 is 1.84 bits per heavy atom. The molecule has 2 aromatic rings. The second-order valence-electron chi connectivity index (χ2n) is 5.19. The Labute approximate surface area is 115 Å². The van der Waals surface area contributed by atoms with Gasteiger partial charge < -0.3 is 10.1 Å². The molecule has 2 nitrogen and oxygen atoms in total. The van der Waals surface area contributed by atoms with E-state index >= 15 is 0 Å². The largest absolute Gasteiger partial charge is 0.497 e. The van der Waals surface area contributed by atoms with Crippen LogP contribution in [-0.4, -0.2) is 13.7 Å². The molecule has 0 bridgehead atoms. The second-order valence-corrected chi connectivity index (χ2v) is 5.19. The van der Waals surface area contributed by atoms with Crippen LogP contribution in [0.2, 0.25) is 0 Å². The zero-order chi connectivity index (χ0) is 13.7. The lowest BCUT2D eigenvalue weighted by molar-refractivity contribution is 0.415. The fourth-order valence-corrected chi connectivity index (χ4v) is 2.12. The summed E-state index contributed by atoms with van der Waals surface area (Å²) in [7, 11) is 1.70. The van der Waals surface area contributed by atoms with Crippen molar-refractivity contribution in [3.8, 4) is 5.75 Å². The molecule has 0 saturated heterocycles. The van der Waals surface area contributed by atoms with Crippen LogP contribution in [0, 0.1) is 5.92 Å². The number of methoxy groups -OCH3 is 1. The van der Waals surface area contributed by atoms with Gasteiger partial charge in [0.1, 0.15) is 5.75 Å². The van der Waals surface area contributed by atoms with Gasteiger partial charge in [-0.1, -0.05) is 38.5 Å². The lowest BCUT2D eigenvalue weighted by Gasteiger charge is -2.10. The van der Waals surface area contributed by atoms with Crippen LogP contribution in [0.1, 0.15) is 25.8 Å². The van der Waals surface area contributed by atoms with E-state index in [1.165, 1.54) is 22.8 Å². The van der Waals surface area contributed by atoms with Crippen LogP contribution in [0.3, 0.4) is 0 Å². The predicted octanol–water partition coefficient (Wildman–Crippen LogP) is 3.98. The molecule has 2 heteroatoms. The molecule has 0 aromatic heterocycles. The third-order valence-corrected chi connectivity index (χ3v) is 3.63. The summed E-state index contributed by atoms with van der Waals surface area (Å²) in [5, 5.41) is 6.01. The van der Waals surface area contributed by atoms with Crippen LogP contribution in [0.25, 0.3) is 10.8 Å². The summed E-state index contributed by atoms with van der Waals surface area (Å²) >= 11 is 0. The van der Waals surface area contributed by atoms with Crippen LogP contribution in [0.15, 0.2) is 36.4 Å². The molecule has 0 aliphatic carbocycles. The molecule has 1 N–H and O–H groups in total. The van der Waals surface area contributed by atoms with E-state index in [4.69, 9.17) is 4.74 Å². The molecule has 0 spiro atoms. The van der Waals surface area contributed by atoms with E-state index in [0.717, 1.165) is 24.8 Å². The third kappa shape index (κ3) is 3.71. The zero-order valence-corrected chi connectivity index (χ0v) is 12.1. The van der Waals surface area contributed by atoms with Gasteiger partial charge >= 0.3 is 0 Å². The molecule has 0 fully saturated rings. The standard InChI is InChI=1S/C17H23NO/c1-4-13(2)11-18-12-14-5-6-16-10-17(19-3)8-7-15(16)9-14/h5-10,13,18H,4,11-12H2,1-3H3. The highest BCUT2D eigenvalue weighted by molar-refractivity contribution is 5.84. The fraction of sp³-hybridized carbons (Fsp3) is 0.412. The molecule has 19 heavy (non-hydrogen) atoms. The molecular formula is C17H23NO. The van der Waals surface area contributed by atoms with Crippen LogP contribution in [-0.2, 0) is 6.54 Å². The molecule has 2 rings (SSSR count). The molecule has 0 aliphatic rings. The Balaban J connectivity index is 2.05. The first-order chi connectivity index (χ1) is 9.22. The van der Waals surface area contributed by atoms with Crippen molar-refractivity contribution in [3.05, 3.63) is 42.0 Å². The summed E-state index contributed by atoms with van der Waals surface area (Å²) in [6.45, 7) is 6.53. The smallest absolute Gasteiger partial charge is 0.119 e. The van der Waals surface area contributed by atoms with Gasteiger partial charge in [0.05, 0.1) is 7.11 Å². The minimum atomic E-state index is 0.740. The van der Waals surface area contributed by atoms with Crippen molar-refractivity contribution in [2.45, 2.75) is 26.8 Å². The summed E-state index contributed by atoms with van der Waals surface area (Å²) in [4.78, 5) is 0. The number of rotatable bonds is 6. The van der Waals surface area contributed by atoms with Gasteiger partial charge in [-0.05, 0) is 47.0 Å². The van der Waals surface area contributed by atoms with Crippen molar-refractivity contribution >= 4 is 10.8 Å². The van der Waals surface area contributed by atoms with Crippen molar-refractivity contribution in [1.82, 2.24) is 5.32 Å². The van der Waals surface area contributed by atoms with Gasteiger partial charge in [-0.25, -0.2) is 0 Å². The first-order valence-corrected chi connectivity index (χ1v) is 7.00. The molecule has 102 valence electrons. The molecule has 1 unspecified atom stereocenters. The highest BCUT2D eigenvalue weighted by Gasteiger charge is 2.01. The Bertz CT molecular complexity index is 536. The van der Waals surface area contributed by atoms with E-state index in [0.29, 0.717) is 0 Å². The first kappa shape index (κ1) is 13.9. The van der Waals surface area contributed by atoms with Crippen LogP contribution in [0.4, 0.5) is 0 Å². The Hall–Kier alpha value is -1.54. The number of fused-ring (bicyclic) bond motifs is 1. The van der Waals surface area contributed by atoms with E-state index in [9.17, 15) is 0 Å². The van der Waals surface area contributed by atoms with E-state index in [1.54, 1.807) is 7.11 Å². The van der Waals surface area contributed by atoms with Gasteiger partial charge in [0, 0.05) is 6.54 Å². The first-order valence-electron chi connectivity index (χ1n) is 7.00. The van der Waals surface area contributed by atoms with Crippen molar-refractivity contribution in [1.29, 1.82) is 0 Å². The number of hydrogen-bond donors (Lipinski definition) is 1. The quantitative estimate of drug-likeness (QED) is 0.845. The fourth-order valence-electron chi connectivity index (χ4n) is 2.12. The average molecular weight is 257 g/mol. The van der Waals surface area contributed by atoms with Gasteiger partial charge in [0.2, 0.25) is 0 Å². The highest BCUT2D eigenvalue weighted by Crippen LogP contribution is 2.21. The number of hydrogen-bond acceptors (Lipinski definition) is 2. The summed E-state index contributed by atoms with van der Waals surface area (Å²) in [5.74, 6) is 1.65. The van der Waals surface area contributed by atoms with Crippen LogP contribution < -0.4 is 10.1 Å². The van der Waals surface area contributed by atoms with E-state index in [2.05, 4.69) is 49.5 Å². The Kier molecular flexibility index (Phi) is 4.80. The predicted molar refractivity (Wildman–Crippen MR) is 81.7 cm³/mol. The SMILES string of the molecule is CCC(C)CNCc1ccc2cc(OC)ccc2c1. The van der Waals surface area contributed by atoms with Gasteiger partial charge in [-0.15, -0.1) is 0 Å². The van der Waals surface area contributed by atoms with Gasteiger partial charge in [-0.3, -0.25) is 0 Å². The van der Waals surface area contributed by atoms with Crippen molar-refractivity contribution < 1.29 is 4.74 Å². The Morgan fingerprint density at radius 3 is 2.58 bits per heavy atom. The molecule has 0 amide bonds. The van der Waals surface area contributed by atoms with Gasteiger partial charge in [0.25, 0.3) is 0 Å². The second kappa shape index (κ2) is 6.58.